The summed E-state index contributed by atoms with van der Waals surface area (Å²) in [6.45, 7) is 0. The molecule has 1 atom stereocenters. The van der Waals surface area contributed by atoms with E-state index in [1.54, 1.807) is 36.4 Å². The first-order chi connectivity index (χ1) is 11.5. The molecule has 0 saturated carbocycles. The summed E-state index contributed by atoms with van der Waals surface area (Å²) in [5.41, 5.74) is 0.319. The van der Waals surface area contributed by atoms with E-state index >= 15 is 0 Å². The Hall–Kier alpha value is -2.34. The van der Waals surface area contributed by atoms with Gasteiger partial charge in [0.25, 0.3) is 11.5 Å². The SMILES string of the molecule is O=C(Nc1cc2cc[nH]c(=O)c2cc1Cl)[C@H](O)c1ccccc1Cl. The van der Waals surface area contributed by atoms with Crippen molar-refractivity contribution in [1.82, 2.24) is 4.98 Å². The fourth-order valence-electron chi connectivity index (χ4n) is 2.34. The average Bonchev–Trinajstić information content (AvgIpc) is 2.56. The van der Waals surface area contributed by atoms with Gasteiger partial charge in [-0.2, -0.15) is 0 Å². The minimum atomic E-state index is -1.44. The number of aliphatic hydroxyl groups is 1. The Morgan fingerprint density at radius 1 is 1.12 bits per heavy atom. The molecule has 0 spiro atoms. The Balaban J connectivity index is 1.92. The lowest BCUT2D eigenvalue weighted by Gasteiger charge is -2.14. The molecular formula is C17H12Cl2N2O3. The van der Waals surface area contributed by atoms with E-state index in [1.165, 1.54) is 12.3 Å². The first-order valence-corrected chi connectivity index (χ1v) is 7.77. The first kappa shape index (κ1) is 16.5. The van der Waals surface area contributed by atoms with E-state index in [1.807, 2.05) is 0 Å². The number of aromatic amines is 1. The molecule has 0 aliphatic heterocycles. The molecule has 5 nitrogen and oxygen atoms in total. The summed E-state index contributed by atoms with van der Waals surface area (Å²) in [4.78, 5) is 26.6. The number of anilines is 1. The van der Waals surface area contributed by atoms with Crippen LogP contribution in [0.15, 0.2) is 53.5 Å². The number of amides is 1. The molecule has 3 N–H and O–H groups in total. The van der Waals surface area contributed by atoms with Crippen molar-refractivity contribution in [1.29, 1.82) is 0 Å². The van der Waals surface area contributed by atoms with Crippen molar-refractivity contribution in [2.45, 2.75) is 6.10 Å². The van der Waals surface area contributed by atoms with Crippen LogP contribution in [0.25, 0.3) is 10.8 Å². The van der Waals surface area contributed by atoms with Gasteiger partial charge in [-0.3, -0.25) is 9.59 Å². The molecule has 122 valence electrons. The number of carbonyl (C=O) groups is 1. The molecule has 1 heterocycles. The first-order valence-electron chi connectivity index (χ1n) is 7.01. The molecule has 0 radical (unpaired) electrons. The Bertz CT molecular complexity index is 985. The van der Waals surface area contributed by atoms with Crippen LogP contribution in [-0.2, 0) is 4.79 Å². The minimum absolute atomic E-state index is 0.193. The van der Waals surface area contributed by atoms with E-state index < -0.39 is 12.0 Å². The van der Waals surface area contributed by atoms with Gasteiger partial charge >= 0.3 is 0 Å². The number of rotatable bonds is 3. The summed E-state index contributed by atoms with van der Waals surface area (Å²) in [6, 6.07) is 11.3. The Morgan fingerprint density at radius 3 is 2.62 bits per heavy atom. The molecule has 0 fully saturated rings. The quantitative estimate of drug-likeness (QED) is 0.666. The number of aromatic nitrogens is 1. The number of fused-ring (bicyclic) bond motifs is 1. The van der Waals surface area contributed by atoms with Crippen molar-refractivity contribution in [3.05, 3.63) is 74.6 Å². The molecule has 1 aromatic heterocycles. The van der Waals surface area contributed by atoms with Crippen LogP contribution in [0, 0.1) is 0 Å². The fraction of sp³-hybridized carbons (Fsp3) is 0.0588. The van der Waals surface area contributed by atoms with Crippen molar-refractivity contribution in [2.24, 2.45) is 0 Å². The van der Waals surface area contributed by atoms with Gasteiger partial charge in [-0.25, -0.2) is 0 Å². The van der Waals surface area contributed by atoms with E-state index in [4.69, 9.17) is 23.2 Å². The summed E-state index contributed by atoms with van der Waals surface area (Å²) in [7, 11) is 0. The maximum absolute atomic E-state index is 12.3. The lowest BCUT2D eigenvalue weighted by atomic mass is 10.1. The number of hydrogen-bond donors (Lipinski definition) is 3. The van der Waals surface area contributed by atoms with Crippen LogP contribution < -0.4 is 10.9 Å². The van der Waals surface area contributed by atoms with Gasteiger partial charge < -0.3 is 15.4 Å². The number of aliphatic hydroxyl groups excluding tert-OH is 1. The molecule has 1 amide bonds. The van der Waals surface area contributed by atoms with Gasteiger partial charge in [-0.15, -0.1) is 0 Å². The molecule has 7 heteroatoms. The highest BCUT2D eigenvalue weighted by molar-refractivity contribution is 6.34. The minimum Gasteiger partial charge on any atom is -0.378 e. The fourth-order valence-corrected chi connectivity index (χ4v) is 2.79. The van der Waals surface area contributed by atoms with E-state index in [0.29, 0.717) is 22.0 Å². The number of H-pyrrole nitrogens is 1. The predicted octanol–water partition coefficient (Wildman–Crippen LogP) is 3.51. The van der Waals surface area contributed by atoms with Crippen LogP contribution in [-0.4, -0.2) is 16.0 Å². The van der Waals surface area contributed by atoms with Crippen molar-refractivity contribution in [2.75, 3.05) is 5.32 Å². The van der Waals surface area contributed by atoms with Crippen molar-refractivity contribution < 1.29 is 9.90 Å². The smallest absolute Gasteiger partial charge is 0.257 e. The summed E-state index contributed by atoms with van der Waals surface area (Å²) >= 11 is 12.1. The second-order valence-corrected chi connectivity index (χ2v) is 5.95. The van der Waals surface area contributed by atoms with Gasteiger partial charge in [-0.1, -0.05) is 41.4 Å². The average molecular weight is 363 g/mol. The van der Waals surface area contributed by atoms with E-state index in [-0.39, 0.29) is 15.6 Å². The zero-order chi connectivity index (χ0) is 17.3. The van der Waals surface area contributed by atoms with Crippen LogP contribution in [0.5, 0.6) is 0 Å². The zero-order valence-corrected chi connectivity index (χ0v) is 13.7. The molecular weight excluding hydrogens is 351 g/mol. The summed E-state index contributed by atoms with van der Waals surface area (Å²) in [6.07, 6.45) is 0.0626. The Labute approximate surface area is 146 Å². The predicted molar refractivity (Wildman–Crippen MR) is 94.6 cm³/mol. The van der Waals surface area contributed by atoms with Gasteiger partial charge in [0.1, 0.15) is 0 Å². The zero-order valence-electron chi connectivity index (χ0n) is 12.2. The second-order valence-electron chi connectivity index (χ2n) is 5.14. The molecule has 3 aromatic rings. The standard InChI is InChI=1S/C17H12Cl2N2O3/c18-12-4-2-1-3-10(12)15(22)17(24)21-14-7-9-5-6-20-16(23)11(9)8-13(14)19/h1-8,15,22H,(H,20,23)(H,21,24)/t15-/m1/s1. The highest BCUT2D eigenvalue weighted by Gasteiger charge is 2.21. The van der Waals surface area contributed by atoms with Crippen LogP contribution >= 0.6 is 23.2 Å². The molecule has 3 rings (SSSR count). The number of halogens is 2. The third-order valence-electron chi connectivity index (χ3n) is 3.57. The van der Waals surface area contributed by atoms with Gasteiger partial charge in [0.2, 0.25) is 0 Å². The number of nitrogens with one attached hydrogen (secondary N) is 2. The van der Waals surface area contributed by atoms with Gasteiger partial charge in [0.15, 0.2) is 6.10 Å². The highest BCUT2D eigenvalue weighted by Crippen LogP contribution is 2.29. The van der Waals surface area contributed by atoms with Crippen molar-refractivity contribution >= 4 is 45.6 Å². The third kappa shape index (κ3) is 3.14. The monoisotopic (exact) mass is 362 g/mol. The molecule has 2 aromatic carbocycles. The molecule has 0 saturated heterocycles. The second kappa shape index (κ2) is 6.65. The highest BCUT2D eigenvalue weighted by atomic mass is 35.5. The van der Waals surface area contributed by atoms with Crippen molar-refractivity contribution in [3.8, 4) is 0 Å². The van der Waals surface area contributed by atoms with Gasteiger partial charge in [0, 0.05) is 22.2 Å². The number of benzene rings is 2. The largest absolute Gasteiger partial charge is 0.378 e. The Kier molecular flexibility index (Phi) is 4.57. The number of hydrogen-bond acceptors (Lipinski definition) is 3. The molecule has 24 heavy (non-hydrogen) atoms. The van der Waals surface area contributed by atoms with Crippen LogP contribution in [0.3, 0.4) is 0 Å². The van der Waals surface area contributed by atoms with Crippen LogP contribution in [0.1, 0.15) is 11.7 Å². The van der Waals surface area contributed by atoms with Crippen LogP contribution in [0.4, 0.5) is 5.69 Å². The molecule has 0 unspecified atom stereocenters. The summed E-state index contributed by atoms with van der Waals surface area (Å²) < 4.78 is 0. The maximum Gasteiger partial charge on any atom is 0.257 e. The lowest BCUT2D eigenvalue weighted by Crippen LogP contribution is -2.21. The van der Waals surface area contributed by atoms with E-state index in [9.17, 15) is 14.7 Å². The molecule has 0 aliphatic carbocycles. The third-order valence-corrected chi connectivity index (χ3v) is 4.22. The van der Waals surface area contributed by atoms with E-state index in [2.05, 4.69) is 10.3 Å². The Morgan fingerprint density at radius 2 is 1.88 bits per heavy atom. The normalized spacial score (nSPS) is 12.1. The van der Waals surface area contributed by atoms with Gasteiger partial charge in [-0.05, 0) is 29.7 Å². The maximum atomic E-state index is 12.3. The van der Waals surface area contributed by atoms with Crippen molar-refractivity contribution in [3.63, 3.8) is 0 Å². The van der Waals surface area contributed by atoms with Crippen LogP contribution in [0.2, 0.25) is 10.0 Å². The number of pyridine rings is 1. The summed E-state index contributed by atoms with van der Waals surface area (Å²) in [5, 5.41) is 14.2. The molecule has 0 bridgehead atoms. The topological polar surface area (TPSA) is 82.2 Å². The number of carbonyl (C=O) groups excluding carboxylic acids is 1. The van der Waals surface area contributed by atoms with Gasteiger partial charge in [0.05, 0.1) is 10.7 Å². The van der Waals surface area contributed by atoms with E-state index in [0.717, 1.165) is 0 Å². The lowest BCUT2D eigenvalue weighted by molar-refractivity contribution is -0.124. The molecule has 0 aliphatic rings. The summed E-state index contributed by atoms with van der Waals surface area (Å²) in [5.74, 6) is -0.672.